The largest absolute Gasteiger partial charge is 0.313 e. The lowest BCUT2D eigenvalue weighted by atomic mass is 10.0. The van der Waals surface area contributed by atoms with E-state index in [9.17, 15) is 8.42 Å². The summed E-state index contributed by atoms with van der Waals surface area (Å²) in [6, 6.07) is 0.177. The molecule has 2 fully saturated rings. The molecule has 0 amide bonds. The Morgan fingerprint density at radius 2 is 1.88 bits per heavy atom. The lowest BCUT2D eigenvalue weighted by molar-refractivity contribution is 0.456. The minimum Gasteiger partial charge on any atom is -0.313 e. The van der Waals surface area contributed by atoms with Gasteiger partial charge < -0.3 is 5.32 Å². The molecule has 1 N–H and O–H groups in total. The maximum atomic E-state index is 12.2. The highest BCUT2D eigenvalue weighted by Gasteiger charge is 2.35. The number of sulfonamides is 1. The van der Waals surface area contributed by atoms with Crippen molar-refractivity contribution >= 4 is 10.0 Å². The molecule has 2 aliphatic rings. The van der Waals surface area contributed by atoms with Gasteiger partial charge in [0.05, 0.1) is 5.75 Å². The van der Waals surface area contributed by atoms with Crippen molar-refractivity contribution < 1.29 is 8.42 Å². The summed E-state index contributed by atoms with van der Waals surface area (Å²) in [5, 5.41) is 3.25. The molecular formula is C11H22N2O2S. The summed E-state index contributed by atoms with van der Waals surface area (Å²) in [5.74, 6) is 1.27. The summed E-state index contributed by atoms with van der Waals surface area (Å²) < 4.78 is 26.0. The van der Waals surface area contributed by atoms with Gasteiger partial charge in [-0.2, -0.15) is 0 Å². The fourth-order valence-electron chi connectivity index (χ4n) is 2.56. The molecule has 94 valence electrons. The molecule has 2 rings (SSSR count). The summed E-state index contributed by atoms with van der Waals surface area (Å²) in [7, 11) is -3.04. The van der Waals surface area contributed by atoms with Crippen LogP contribution in [0.25, 0.3) is 0 Å². The highest BCUT2D eigenvalue weighted by molar-refractivity contribution is 7.89. The summed E-state index contributed by atoms with van der Waals surface area (Å²) in [5.41, 5.74) is 0. The molecule has 0 spiro atoms. The second-order valence-corrected chi connectivity index (χ2v) is 7.36. The molecule has 0 radical (unpaired) electrons. The van der Waals surface area contributed by atoms with E-state index < -0.39 is 10.0 Å². The van der Waals surface area contributed by atoms with E-state index in [1.165, 1.54) is 0 Å². The number of hydrogen-bond donors (Lipinski definition) is 1. The maximum absolute atomic E-state index is 12.2. The Balaban J connectivity index is 1.96. The number of nitrogens with zero attached hydrogens (tertiary/aromatic N) is 1. The summed E-state index contributed by atoms with van der Waals surface area (Å²) in [4.78, 5) is 0. The molecule has 0 aromatic rings. The van der Waals surface area contributed by atoms with E-state index in [1.807, 2.05) is 0 Å². The van der Waals surface area contributed by atoms with Crippen LogP contribution in [0.3, 0.4) is 0 Å². The normalized spacial score (nSPS) is 37.0. The van der Waals surface area contributed by atoms with Gasteiger partial charge in [-0.05, 0) is 31.2 Å². The predicted octanol–water partition coefficient (Wildman–Crippen LogP) is 0.656. The molecular weight excluding hydrogens is 224 g/mol. The molecule has 0 aromatic carbocycles. The Morgan fingerprint density at radius 1 is 1.25 bits per heavy atom. The van der Waals surface area contributed by atoms with Crippen LogP contribution in [0.4, 0.5) is 0 Å². The van der Waals surface area contributed by atoms with Crippen LogP contribution in [0.2, 0.25) is 0 Å². The Kier molecular flexibility index (Phi) is 3.56. The van der Waals surface area contributed by atoms with E-state index in [2.05, 4.69) is 19.2 Å². The van der Waals surface area contributed by atoms with Gasteiger partial charge in [0.2, 0.25) is 10.0 Å². The highest BCUT2D eigenvalue weighted by atomic mass is 32.2. The van der Waals surface area contributed by atoms with E-state index in [-0.39, 0.29) is 11.8 Å². The van der Waals surface area contributed by atoms with E-state index in [4.69, 9.17) is 0 Å². The Labute approximate surface area is 98.4 Å². The quantitative estimate of drug-likeness (QED) is 0.796. The third kappa shape index (κ3) is 2.57. The van der Waals surface area contributed by atoms with Gasteiger partial charge in [0.25, 0.3) is 0 Å². The predicted molar refractivity (Wildman–Crippen MR) is 64.7 cm³/mol. The molecule has 2 heterocycles. The van der Waals surface area contributed by atoms with Crippen LogP contribution in [-0.2, 0) is 10.0 Å². The maximum Gasteiger partial charge on any atom is 0.215 e. The zero-order valence-electron chi connectivity index (χ0n) is 10.1. The Bertz CT molecular complexity index is 326. The fourth-order valence-corrected chi connectivity index (χ4v) is 4.49. The second-order valence-electron chi connectivity index (χ2n) is 5.34. The van der Waals surface area contributed by atoms with Crippen LogP contribution in [0.1, 0.15) is 26.7 Å². The molecule has 0 bridgehead atoms. The summed E-state index contributed by atoms with van der Waals surface area (Å²) in [6.07, 6.45) is 2.10. The van der Waals surface area contributed by atoms with Crippen LogP contribution in [0.5, 0.6) is 0 Å². The van der Waals surface area contributed by atoms with Crippen molar-refractivity contribution in [3.63, 3.8) is 0 Å². The van der Waals surface area contributed by atoms with Gasteiger partial charge in [0.1, 0.15) is 0 Å². The van der Waals surface area contributed by atoms with Crippen LogP contribution < -0.4 is 5.32 Å². The lowest BCUT2D eigenvalue weighted by Crippen LogP contribution is -2.38. The van der Waals surface area contributed by atoms with Crippen molar-refractivity contribution in [1.82, 2.24) is 9.62 Å². The lowest BCUT2D eigenvalue weighted by Gasteiger charge is -2.19. The van der Waals surface area contributed by atoms with Crippen molar-refractivity contribution in [2.75, 3.05) is 25.4 Å². The topological polar surface area (TPSA) is 49.4 Å². The Hall–Kier alpha value is -0.130. The van der Waals surface area contributed by atoms with Crippen LogP contribution in [-0.4, -0.2) is 44.2 Å². The first-order valence-electron chi connectivity index (χ1n) is 6.20. The molecule has 4 nitrogen and oxygen atoms in total. The SMILES string of the molecule is CC1CN(S(=O)(=O)CC2CCCN2)CC1C. The second kappa shape index (κ2) is 4.63. The van der Waals surface area contributed by atoms with Crippen molar-refractivity contribution in [1.29, 1.82) is 0 Å². The zero-order valence-corrected chi connectivity index (χ0v) is 11.0. The molecule has 3 unspecified atom stereocenters. The van der Waals surface area contributed by atoms with Gasteiger partial charge in [-0.25, -0.2) is 12.7 Å². The highest BCUT2D eigenvalue weighted by Crippen LogP contribution is 2.25. The molecule has 0 aromatic heterocycles. The average molecular weight is 246 g/mol. The van der Waals surface area contributed by atoms with Gasteiger partial charge in [-0.1, -0.05) is 13.8 Å². The van der Waals surface area contributed by atoms with Crippen LogP contribution in [0, 0.1) is 11.8 Å². The van der Waals surface area contributed by atoms with Crippen molar-refractivity contribution in [2.45, 2.75) is 32.7 Å². The van der Waals surface area contributed by atoms with E-state index in [1.54, 1.807) is 4.31 Å². The third-order valence-electron chi connectivity index (χ3n) is 3.92. The third-order valence-corrected chi connectivity index (χ3v) is 5.83. The van der Waals surface area contributed by atoms with Crippen molar-refractivity contribution in [3.05, 3.63) is 0 Å². The first-order chi connectivity index (χ1) is 7.49. The molecule has 16 heavy (non-hydrogen) atoms. The minimum absolute atomic E-state index is 0.177. The first-order valence-corrected chi connectivity index (χ1v) is 7.81. The minimum atomic E-state index is -3.04. The number of rotatable bonds is 3. The van der Waals surface area contributed by atoms with Gasteiger partial charge in [0.15, 0.2) is 0 Å². The van der Waals surface area contributed by atoms with Gasteiger partial charge >= 0.3 is 0 Å². The molecule has 2 aliphatic heterocycles. The van der Waals surface area contributed by atoms with Crippen molar-refractivity contribution in [2.24, 2.45) is 11.8 Å². The van der Waals surface area contributed by atoms with Gasteiger partial charge in [-0.3, -0.25) is 0 Å². The number of hydrogen-bond acceptors (Lipinski definition) is 3. The monoisotopic (exact) mass is 246 g/mol. The molecule has 0 aliphatic carbocycles. The van der Waals surface area contributed by atoms with E-state index in [0.29, 0.717) is 24.9 Å². The van der Waals surface area contributed by atoms with Crippen LogP contribution in [0.15, 0.2) is 0 Å². The molecule has 2 saturated heterocycles. The Morgan fingerprint density at radius 3 is 2.38 bits per heavy atom. The molecule has 0 saturated carbocycles. The van der Waals surface area contributed by atoms with Crippen LogP contribution >= 0.6 is 0 Å². The molecule has 5 heteroatoms. The molecule has 3 atom stereocenters. The first kappa shape index (κ1) is 12.3. The average Bonchev–Trinajstić information content (AvgIpc) is 2.78. The van der Waals surface area contributed by atoms with E-state index in [0.717, 1.165) is 19.4 Å². The fraction of sp³-hybridized carbons (Fsp3) is 1.00. The zero-order chi connectivity index (χ0) is 11.8. The smallest absolute Gasteiger partial charge is 0.215 e. The van der Waals surface area contributed by atoms with Gasteiger partial charge in [0, 0.05) is 19.1 Å². The standard InChI is InChI=1S/C11H22N2O2S/c1-9-6-13(7-10(9)2)16(14,15)8-11-4-3-5-12-11/h9-12H,3-8H2,1-2H3. The number of nitrogens with one attached hydrogen (secondary N) is 1. The van der Waals surface area contributed by atoms with Gasteiger partial charge in [-0.15, -0.1) is 0 Å². The van der Waals surface area contributed by atoms with Crippen molar-refractivity contribution in [3.8, 4) is 0 Å². The summed E-state index contributed by atoms with van der Waals surface area (Å²) in [6.45, 7) is 6.64. The van der Waals surface area contributed by atoms with E-state index >= 15 is 0 Å². The summed E-state index contributed by atoms with van der Waals surface area (Å²) >= 11 is 0.